The Balaban J connectivity index is 1.15. The van der Waals surface area contributed by atoms with E-state index in [0.717, 1.165) is 23.1 Å². The molecule has 2 heterocycles. The van der Waals surface area contributed by atoms with Crippen LogP contribution in [0.5, 0.6) is 0 Å². The highest BCUT2D eigenvalue weighted by Gasteiger charge is 2.32. The Bertz CT molecular complexity index is 2340. The highest BCUT2D eigenvalue weighted by Crippen LogP contribution is 2.56. The Kier molecular flexibility index (Phi) is 7.79. The van der Waals surface area contributed by atoms with E-state index in [-0.39, 0.29) is 0 Å². The van der Waals surface area contributed by atoms with Crippen LogP contribution in [0.3, 0.4) is 0 Å². The molecule has 0 radical (unpaired) electrons. The zero-order valence-corrected chi connectivity index (χ0v) is 28.4. The molecule has 1 aromatic heterocycles. The number of allylic oxidation sites excluding steroid dienone is 4. The second kappa shape index (κ2) is 12.9. The topological polar surface area (TPSA) is 38.7 Å². The van der Waals surface area contributed by atoms with E-state index in [1.165, 1.54) is 54.3 Å². The lowest BCUT2D eigenvalue weighted by Gasteiger charge is -2.21. The van der Waals surface area contributed by atoms with E-state index in [1.807, 2.05) is 72.4 Å². The monoisotopic (exact) mass is 659 g/mol. The van der Waals surface area contributed by atoms with Gasteiger partial charge >= 0.3 is 0 Å². The first-order valence-corrected chi connectivity index (χ1v) is 17.9. The van der Waals surface area contributed by atoms with Gasteiger partial charge in [-0.1, -0.05) is 175 Å². The van der Waals surface area contributed by atoms with Gasteiger partial charge in [-0.15, -0.1) is 0 Å². The van der Waals surface area contributed by atoms with Crippen LogP contribution in [0.25, 0.3) is 67.5 Å². The summed E-state index contributed by atoms with van der Waals surface area (Å²) in [6, 6.07) is 51.5. The number of aromatic nitrogens is 3. The molecule has 238 valence electrons. The fourth-order valence-corrected chi connectivity index (χ4v) is 8.25. The molecule has 0 N–H and O–H groups in total. The van der Waals surface area contributed by atoms with Crippen LogP contribution < -0.4 is 0 Å². The lowest BCUT2D eigenvalue weighted by Crippen LogP contribution is -2.02. The molecule has 3 nitrogen and oxygen atoms in total. The van der Waals surface area contributed by atoms with Gasteiger partial charge in [-0.25, -0.2) is 15.0 Å². The number of hydrogen-bond donors (Lipinski definition) is 0. The first-order chi connectivity index (χ1) is 24.7. The molecule has 0 fully saturated rings. The molecule has 0 amide bonds. The highest BCUT2D eigenvalue weighted by molar-refractivity contribution is 8.03. The molecule has 0 saturated carbocycles. The Labute approximate surface area is 297 Å². The van der Waals surface area contributed by atoms with Crippen LogP contribution in [-0.4, -0.2) is 15.0 Å². The number of fused-ring (bicyclic) bond motifs is 3. The van der Waals surface area contributed by atoms with Gasteiger partial charge < -0.3 is 0 Å². The zero-order chi connectivity index (χ0) is 33.4. The first-order valence-electron chi connectivity index (χ1n) is 17.0. The number of rotatable bonds is 6. The van der Waals surface area contributed by atoms with Crippen molar-refractivity contribution >= 4 is 11.8 Å². The van der Waals surface area contributed by atoms with Gasteiger partial charge in [-0.05, 0) is 63.3 Å². The molecule has 0 spiro atoms. The molecular weight excluding hydrogens is 627 g/mol. The largest absolute Gasteiger partial charge is 0.208 e. The third-order valence-electron chi connectivity index (χ3n) is 9.61. The lowest BCUT2D eigenvalue weighted by molar-refractivity contribution is 0.840. The lowest BCUT2D eigenvalue weighted by atomic mass is 9.82. The summed E-state index contributed by atoms with van der Waals surface area (Å²) in [5.74, 6) is 2.36. The van der Waals surface area contributed by atoms with Gasteiger partial charge in [-0.3, -0.25) is 0 Å². The summed E-state index contributed by atoms with van der Waals surface area (Å²) in [7, 11) is 0. The van der Waals surface area contributed by atoms with Crippen LogP contribution in [0.15, 0.2) is 174 Å². The Morgan fingerprint density at radius 1 is 0.500 bits per heavy atom. The predicted octanol–water partition coefficient (Wildman–Crippen LogP) is 12.2. The standard InChI is InChI=1S/C46H33N3S/c1-30-16-18-31(19-17-30)32-20-22-33(23-21-32)38-28-29-41-43(39-14-8-9-15-40(39)50-41)42(38)34-24-26-37(27-25-34)46-48-44(35-10-4-2-5-11-35)47-45(49-46)36-12-6-3-7-13-36/h2-13,15-29,39H,14H2,1H3. The number of hydrogen-bond acceptors (Lipinski definition) is 4. The first kappa shape index (κ1) is 30.2. The van der Waals surface area contributed by atoms with Crippen molar-refractivity contribution < 1.29 is 0 Å². The Hall–Kier alpha value is -5.84. The van der Waals surface area contributed by atoms with Crippen LogP contribution in [0.1, 0.15) is 23.5 Å². The number of benzene rings is 6. The third-order valence-corrected chi connectivity index (χ3v) is 10.8. The molecule has 4 heteroatoms. The minimum Gasteiger partial charge on any atom is -0.208 e. The minimum absolute atomic E-state index is 0.367. The van der Waals surface area contributed by atoms with E-state index in [1.54, 1.807) is 0 Å². The number of aryl methyl sites for hydroxylation is 1. The minimum atomic E-state index is 0.367. The molecule has 2 aliphatic rings. The van der Waals surface area contributed by atoms with E-state index < -0.39 is 0 Å². The SMILES string of the molecule is Cc1ccc(-c2ccc(-c3ccc4c(c3-c3ccc(-c5nc(-c6ccccc6)nc(-c6ccccc6)n5)cc3)C3CC=CC=C3S4)cc2)cc1. The molecule has 50 heavy (non-hydrogen) atoms. The van der Waals surface area contributed by atoms with Crippen LogP contribution in [0.4, 0.5) is 0 Å². The van der Waals surface area contributed by atoms with Crippen LogP contribution in [-0.2, 0) is 0 Å². The van der Waals surface area contributed by atoms with Crippen molar-refractivity contribution in [2.24, 2.45) is 0 Å². The maximum atomic E-state index is 4.98. The van der Waals surface area contributed by atoms with Gasteiger partial charge in [0.15, 0.2) is 17.5 Å². The van der Waals surface area contributed by atoms with Gasteiger partial charge in [0.2, 0.25) is 0 Å². The average molecular weight is 660 g/mol. The van der Waals surface area contributed by atoms with Crippen molar-refractivity contribution in [2.45, 2.75) is 24.2 Å². The van der Waals surface area contributed by atoms with Crippen molar-refractivity contribution in [3.63, 3.8) is 0 Å². The van der Waals surface area contributed by atoms with Crippen molar-refractivity contribution in [3.05, 3.63) is 180 Å². The van der Waals surface area contributed by atoms with Gasteiger partial charge in [0.1, 0.15) is 0 Å². The molecule has 7 aromatic rings. The normalized spacial score (nSPS) is 14.6. The number of nitrogens with zero attached hydrogens (tertiary/aromatic N) is 3. The Morgan fingerprint density at radius 3 is 1.60 bits per heavy atom. The average Bonchev–Trinajstić information content (AvgIpc) is 3.57. The maximum Gasteiger partial charge on any atom is 0.164 e. The molecule has 6 aromatic carbocycles. The summed E-state index contributed by atoms with van der Waals surface area (Å²) in [6.45, 7) is 2.13. The summed E-state index contributed by atoms with van der Waals surface area (Å²) in [4.78, 5) is 17.6. The third kappa shape index (κ3) is 5.68. The van der Waals surface area contributed by atoms with Gasteiger partial charge in [0, 0.05) is 27.5 Å². The molecule has 1 aliphatic heterocycles. The molecule has 1 aliphatic carbocycles. The summed E-state index contributed by atoms with van der Waals surface area (Å²) >= 11 is 1.92. The quantitative estimate of drug-likeness (QED) is 0.178. The molecule has 9 rings (SSSR count). The predicted molar refractivity (Wildman–Crippen MR) is 208 cm³/mol. The highest BCUT2D eigenvalue weighted by atomic mass is 32.2. The van der Waals surface area contributed by atoms with Gasteiger partial charge in [-0.2, -0.15) is 0 Å². The molecule has 0 bridgehead atoms. The number of thioether (sulfide) groups is 1. The zero-order valence-electron chi connectivity index (χ0n) is 27.6. The van der Waals surface area contributed by atoms with Crippen molar-refractivity contribution in [1.82, 2.24) is 15.0 Å². The van der Waals surface area contributed by atoms with E-state index in [0.29, 0.717) is 23.4 Å². The van der Waals surface area contributed by atoms with E-state index in [9.17, 15) is 0 Å². The summed E-state index contributed by atoms with van der Waals surface area (Å²) in [5, 5.41) is 0. The van der Waals surface area contributed by atoms with E-state index in [4.69, 9.17) is 15.0 Å². The molecule has 0 saturated heterocycles. The van der Waals surface area contributed by atoms with Gasteiger partial charge in [0.25, 0.3) is 0 Å². The molecule has 1 atom stereocenters. The van der Waals surface area contributed by atoms with Crippen LogP contribution in [0.2, 0.25) is 0 Å². The van der Waals surface area contributed by atoms with Gasteiger partial charge in [0.05, 0.1) is 0 Å². The van der Waals surface area contributed by atoms with Crippen molar-refractivity contribution in [2.75, 3.05) is 0 Å². The van der Waals surface area contributed by atoms with Crippen LogP contribution >= 0.6 is 11.8 Å². The Morgan fingerprint density at radius 2 is 1.00 bits per heavy atom. The van der Waals surface area contributed by atoms with Crippen LogP contribution in [0, 0.1) is 6.92 Å². The summed E-state index contributed by atoms with van der Waals surface area (Å²) in [6.07, 6.45) is 7.81. The van der Waals surface area contributed by atoms with E-state index >= 15 is 0 Å². The van der Waals surface area contributed by atoms with Crippen molar-refractivity contribution in [3.8, 4) is 67.5 Å². The van der Waals surface area contributed by atoms with Crippen molar-refractivity contribution in [1.29, 1.82) is 0 Å². The van der Waals surface area contributed by atoms with E-state index in [2.05, 4.69) is 110 Å². The summed E-state index contributed by atoms with van der Waals surface area (Å²) < 4.78 is 0. The second-order valence-electron chi connectivity index (χ2n) is 12.8. The summed E-state index contributed by atoms with van der Waals surface area (Å²) in [5.41, 5.74) is 13.0. The molecular formula is C46H33N3S. The fraction of sp³-hybridized carbons (Fsp3) is 0.0652. The smallest absolute Gasteiger partial charge is 0.164 e. The fourth-order valence-electron chi connectivity index (χ4n) is 7.00. The maximum absolute atomic E-state index is 4.98. The second-order valence-corrected chi connectivity index (χ2v) is 14.0. The molecule has 1 unspecified atom stereocenters.